The first-order valence-electron chi connectivity index (χ1n) is 13.2. The summed E-state index contributed by atoms with van der Waals surface area (Å²) >= 11 is 0. The summed E-state index contributed by atoms with van der Waals surface area (Å²) in [7, 11) is 3.40. The molecule has 0 radical (unpaired) electrons. The van der Waals surface area contributed by atoms with E-state index in [2.05, 4.69) is 11.0 Å². The zero-order valence-electron chi connectivity index (χ0n) is 21.7. The quantitative estimate of drug-likeness (QED) is 0.353. The largest absolute Gasteiger partial charge is 0.414 e. The number of carbonyl (C=O) groups is 3. The van der Waals surface area contributed by atoms with Crippen LogP contribution >= 0.6 is 12.4 Å². The number of unbranched alkanes of at least 4 members (excludes halogenated alkanes) is 3. The number of fused-ring (bicyclic) bond motifs is 4. The van der Waals surface area contributed by atoms with E-state index < -0.39 is 0 Å². The lowest BCUT2D eigenvalue weighted by atomic mass is 9.79. The van der Waals surface area contributed by atoms with Gasteiger partial charge < -0.3 is 9.64 Å². The summed E-state index contributed by atoms with van der Waals surface area (Å²) < 4.78 is 5.65. The number of ether oxygens (including phenoxy) is 1. The zero-order chi connectivity index (χ0) is 25.2. The molecule has 3 amide bonds. The molecule has 2 aromatic rings. The van der Waals surface area contributed by atoms with Crippen molar-refractivity contribution in [1.82, 2.24) is 14.7 Å². The first-order valence-corrected chi connectivity index (χ1v) is 13.2. The van der Waals surface area contributed by atoms with Crippen molar-refractivity contribution in [3.8, 4) is 5.75 Å². The number of rotatable bonds is 8. The molecular weight excluding hydrogens is 490 g/mol. The Labute approximate surface area is 225 Å². The van der Waals surface area contributed by atoms with Crippen LogP contribution in [-0.2, 0) is 6.42 Å². The van der Waals surface area contributed by atoms with Gasteiger partial charge in [-0.05, 0) is 74.5 Å². The van der Waals surface area contributed by atoms with Crippen molar-refractivity contribution in [3.63, 3.8) is 0 Å². The van der Waals surface area contributed by atoms with E-state index in [0.717, 1.165) is 58.0 Å². The van der Waals surface area contributed by atoms with Gasteiger partial charge in [-0.25, -0.2) is 4.79 Å². The van der Waals surface area contributed by atoms with Crippen LogP contribution < -0.4 is 4.74 Å². The summed E-state index contributed by atoms with van der Waals surface area (Å²) in [6.45, 7) is 2.68. The van der Waals surface area contributed by atoms with Crippen molar-refractivity contribution in [1.29, 1.82) is 0 Å². The molecule has 7 nitrogen and oxygen atoms in total. The van der Waals surface area contributed by atoms with Crippen LogP contribution in [0.3, 0.4) is 0 Å². The zero-order valence-corrected chi connectivity index (χ0v) is 22.5. The number of imide groups is 1. The monoisotopic (exact) mass is 525 g/mol. The van der Waals surface area contributed by atoms with Crippen molar-refractivity contribution in [2.75, 3.05) is 33.7 Å². The number of hydrogen-bond donors (Lipinski definition) is 0. The molecule has 0 saturated carbocycles. The Bertz CT molecular complexity index is 1130. The third-order valence-corrected chi connectivity index (χ3v) is 7.94. The Morgan fingerprint density at radius 3 is 2.27 bits per heavy atom. The van der Waals surface area contributed by atoms with Gasteiger partial charge in [-0.3, -0.25) is 19.4 Å². The Hall–Kier alpha value is -2.90. The first-order chi connectivity index (χ1) is 17.5. The van der Waals surface area contributed by atoms with E-state index in [1.54, 1.807) is 38.4 Å². The van der Waals surface area contributed by atoms with E-state index in [4.69, 9.17) is 4.74 Å². The van der Waals surface area contributed by atoms with Crippen molar-refractivity contribution >= 4 is 30.3 Å². The maximum atomic E-state index is 12.5. The van der Waals surface area contributed by atoms with Gasteiger partial charge in [0, 0.05) is 32.6 Å². The number of likely N-dealkylation sites (tertiary alicyclic amines) is 1. The molecule has 2 aromatic carbocycles. The third-order valence-electron chi connectivity index (χ3n) is 7.94. The molecule has 8 heteroatoms. The second-order valence-electron chi connectivity index (χ2n) is 10.3. The third kappa shape index (κ3) is 5.39. The average Bonchev–Trinajstić information content (AvgIpc) is 3.40. The van der Waals surface area contributed by atoms with Crippen LogP contribution in [0.5, 0.6) is 5.75 Å². The molecule has 2 heterocycles. The van der Waals surface area contributed by atoms with Gasteiger partial charge in [0.15, 0.2) is 0 Å². The van der Waals surface area contributed by atoms with Gasteiger partial charge in [-0.2, -0.15) is 0 Å². The first kappa shape index (κ1) is 27.1. The Morgan fingerprint density at radius 2 is 1.59 bits per heavy atom. The molecule has 1 fully saturated rings. The van der Waals surface area contributed by atoms with E-state index in [1.165, 1.54) is 20.9 Å². The molecule has 0 bridgehead atoms. The fourth-order valence-corrected chi connectivity index (χ4v) is 6.09. The average molecular weight is 526 g/mol. The van der Waals surface area contributed by atoms with E-state index in [-0.39, 0.29) is 30.3 Å². The van der Waals surface area contributed by atoms with E-state index in [1.807, 2.05) is 12.1 Å². The minimum Gasteiger partial charge on any atom is -0.410 e. The lowest BCUT2D eigenvalue weighted by Gasteiger charge is -2.34. The Kier molecular flexibility index (Phi) is 8.55. The second-order valence-corrected chi connectivity index (χ2v) is 10.3. The van der Waals surface area contributed by atoms with E-state index in [0.29, 0.717) is 35.4 Å². The van der Waals surface area contributed by atoms with Crippen LogP contribution in [0, 0.1) is 0 Å². The van der Waals surface area contributed by atoms with Gasteiger partial charge >= 0.3 is 6.09 Å². The highest BCUT2D eigenvalue weighted by molar-refractivity contribution is 6.21. The fourth-order valence-electron chi connectivity index (χ4n) is 6.09. The standard InChI is InChI=1S/C29H35N3O4.ClH/c1-30(2)29(35)36-26-13-9-12-20-21-16-19-31(25(21)15-14-22(20)26)17-7-3-4-8-18-32-27(33)23-10-5-6-11-24(23)28(32)34;/h5-6,9-13,21,25H,3-4,7-8,14-19H2,1-2H3;1H/t21-,25+;/m0./s1. The van der Waals surface area contributed by atoms with Crippen LogP contribution in [0.15, 0.2) is 42.5 Å². The maximum absolute atomic E-state index is 12.5. The SMILES string of the molecule is CN(C)C(=O)Oc1cccc2c1CC[C@@H]1[C@H]2CCN1CCCCCCN1C(=O)c2ccccc2C1=O.Cl. The summed E-state index contributed by atoms with van der Waals surface area (Å²) in [6.07, 6.45) is 6.91. The van der Waals surface area contributed by atoms with E-state index >= 15 is 0 Å². The number of halogens is 1. The smallest absolute Gasteiger partial charge is 0.410 e. The number of amides is 3. The lowest BCUT2D eigenvalue weighted by Crippen LogP contribution is -2.36. The summed E-state index contributed by atoms with van der Waals surface area (Å²) in [5.41, 5.74) is 3.61. The molecule has 2 aliphatic heterocycles. The van der Waals surface area contributed by atoms with Crippen LogP contribution in [0.2, 0.25) is 0 Å². The van der Waals surface area contributed by atoms with Gasteiger partial charge in [0.25, 0.3) is 11.8 Å². The molecule has 198 valence electrons. The summed E-state index contributed by atoms with van der Waals surface area (Å²) in [4.78, 5) is 42.6. The molecular formula is C29H36ClN3O4. The highest BCUT2D eigenvalue weighted by Gasteiger charge is 2.39. The summed E-state index contributed by atoms with van der Waals surface area (Å²) in [6, 6.07) is 13.8. The van der Waals surface area contributed by atoms with Gasteiger partial charge in [0.1, 0.15) is 5.75 Å². The number of hydrogen-bond acceptors (Lipinski definition) is 5. The minimum absolute atomic E-state index is 0. The van der Waals surface area contributed by atoms with Crippen molar-refractivity contribution < 1.29 is 19.1 Å². The van der Waals surface area contributed by atoms with Crippen LogP contribution in [0.25, 0.3) is 0 Å². The number of benzene rings is 2. The van der Waals surface area contributed by atoms with Crippen molar-refractivity contribution in [2.24, 2.45) is 0 Å². The molecule has 1 saturated heterocycles. The molecule has 0 spiro atoms. The van der Waals surface area contributed by atoms with E-state index in [9.17, 15) is 14.4 Å². The molecule has 3 aliphatic rings. The van der Waals surface area contributed by atoms with Gasteiger partial charge in [-0.1, -0.05) is 37.1 Å². The van der Waals surface area contributed by atoms with Crippen LogP contribution in [-0.4, -0.2) is 72.4 Å². The van der Waals surface area contributed by atoms with Gasteiger partial charge in [-0.15, -0.1) is 12.4 Å². The normalized spacial score (nSPS) is 20.2. The summed E-state index contributed by atoms with van der Waals surface area (Å²) in [5.74, 6) is 0.897. The molecule has 0 N–H and O–H groups in total. The highest BCUT2D eigenvalue weighted by Crippen LogP contribution is 2.44. The molecule has 2 atom stereocenters. The van der Waals surface area contributed by atoms with Crippen LogP contribution in [0.1, 0.15) is 76.3 Å². The maximum Gasteiger partial charge on any atom is 0.414 e. The molecule has 37 heavy (non-hydrogen) atoms. The summed E-state index contributed by atoms with van der Waals surface area (Å²) in [5, 5.41) is 0. The Morgan fingerprint density at radius 1 is 0.919 bits per heavy atom. The number of nitrogens with zero attached hydrogens (tertiary/aromatic N) is 3. The topological polar surface area (TPSA) is 70.2 Å². The molecule has 1 aliphatic carbocycles. The van der Waals surface area contributed by atoms with Crippen molar-refractivity contribution in [3.05, 3.63) is 64.7 Å². The van der Waals surface area contributed by atoms with Gasteiger partial charge in [0.05, 0.1) is 11.1 Å². The number of carbonyl (C=O) groups excluding carboxylic acids is 3. The highest BCUT2D eigenvalue weighted by atomic mass is 35.5. The Balaban J connectivity index is 0.00000320. The second kappa shape index (κ2) is 11.7. The van der Waals surface area contributed by atoms with Gasteiger partial charge in [0.2, 0.25) is 0 Å². The fraction of sp³-hybridized carbons (Fsp3) is 0.483. The minimum atomic E-state index is -0.332. The molecule has 5 rings (SSSR count). The molecule has 0 unspecified atom stereocenters. The predicted molar refractivity (Wildman–Crippen MR) is 145 cm³/mol. The predicted octanol–water partition coefficient (Wildman–Crippen LogP) is 5.13. The molecule has 0 aromatic heterocycles. The van der Waals surface area contributed by atoms with Crippen molar-refractivity contribution in [2.45, 2.75) is 56.9 Å². The van der Waals surface area contributed by atoms with Crippen LogP contribution in [0.4, 0.5) is 4.79 Å². The lowest BCUT2D eigenvalue weighted by molar-refractivity contribution is 0.0651.